The molecule has 0 aliphatic rings. The molecule has 0 amide bonds. The zero-order valence-corrected chi connectivity index (χ0v) is 22.6. The average Bonchev–Trinajstić information content (AvgIpc) is 2.89. The fourth-order valence-corrected chi connectivity index (χ4v) is 1.92. The number of benzene rings is 1. The lowest BCUT2D eigenvalue weighted by atomic mass is 10.2. The maximum absolute atomic E-state index is 11.1. The highest BCUT2D eigenvalue weighted by Crippen LogP contribution is 2.03. The fourth-order valence-electron chi connectivity index (χ4n) is 1.92. The third-order valence-corrected chi connectivity index (χ3v) is 4.03. The van der Waals surface area contributed by atoms with E-state index in [1.54, 1.807) is 13.8 Å². The van der Waals surface area contributed by atoms with E-state index in [4.69, 9.17) is 9.84 Å². The molecule has 1 N–H and O–H groups in total. The van der Waals surface area contributed by atoms with E-state index in [9.17, 15) is 14.4 Å². The molecular formula is C29H44O7. The van der Waals surface area contributed by atoms with Gasteiger partial charge in [-0.1, -0.05) is 89.3 Å². The first-order valence-electron chi connectivity index (χ1n) is 11.8. The SMILES string of the molecule is C=C(C)C(=O)OC.C=C(CC)C(=O)OCCCCCC.C=C(O)C(=O)OCC.C=Cc1ccccc1. The van der Waals surface area contributed by atoms with E-state index in [0.29, 0.717) is 24.2 Å². The Balaban J connectivity index is -0.000000417. The van der Waals surface area contributed by atoms with Crippen molar-refractivity contribution < 1.29 is 33.7 Å². The molecule has 0 saturated carbocycles. The zero-order valence-electron chi connectivity index (χ0n) is 22.6. The van der Waals surface area contributed by atoms with Crippen molar-refractivity contribution in [1.82, 2.24) is 0 Å². The number of carbonyl (C=O) groups excluding carboxylic acids is 3. The molecule has 202 valence electrons. The third-order valence-electron chi connectivity index (χ3n) is 4.03. The van der Waals surface area contributed by atoms with Crippen LogP contribution in [0.2, 0.25) is 0 Å². The minimum absolute atomic E-state index is 0.237. The van der Waals surface area contributed by atoms with Gasteiger partial charge in [0.2, 0.25) is 0 Å². The lowest BCUT2D eigenvalue weighted by molar-refractivity contribution is -0.141. The summed E-state index contributed by atoms with van der Waals surface area (Å²) in [5, 5.41) is 8.28. The zero-order chi connectivity index (χ0) is 28.4. The first-order chi connectivity index (χ1) is 17.0. The van der Waals surface area contributed by atoms with Gasteiger partial charge in [-0.2, -0.15) is 0 Å². The predicted octanol–water partition coefficient (Wildman–Crippen LogP) is 6.76. The summed E-state index contributed by atoms with van der Waals surface area (Å²) in [5.74, 6) is -1.89. The molecule has 0 bridgehead atoms. The van der Waals surface area contributed by atoms with Gasteiger partial charge in [0.1, 0.15) is 0 Å². The van der Waals surface area contributed by atoms with Gasteiger partial charge in [0, 0.05) is 11.1 Å². The molecule has 1 rings (SSSR count). The van der Waals surface area contributed by atoms with Crippen LogP contribution in [0.3, 0.4) is 0 Å². The standard InChI is InChI=1S/C11H20O2.C8H8.C5H8O3.C5H8O2/c1-4-6-7-8-9-13-11(12)10(3)5-2;1-2-8-6-4-3-5-7-8;1-3-8-5(7)4(2)6;1-4(2)5(6)7-3/h3-9H2,1-2H3;2-7H,1H2;6H,2-3H2,1H3;1H2,2-3H3. The van der Waals surface area contributed by atoms with E-state index in [1.165, 1.54) is 25.5 Å². The molecule has 36 heavy (non-hydrogen) atoms. The van der Waals surface area contributed by atoms with Crippen LogP contribution in [0.1, 0.15) is 65.4 Å². The summed E-state index contributed by atoms with van der Waals surface area (Å²) in [6, 6.07) is 10.0. The van der Waals surface area contributed by atoms with Crippen molar-refractivity contribution in [2.75, 3.05) is 20.3 Å². The Morgan fingerprint density at radius 2 is 1.47 bits per heavy atom. The van der Waals surface area contributed by atoms with Crippen LogP contribution in [-0.2, 0) is 28.6 Å². The van der Waals surface area contributed by atoms with Gasteiger partial charge >= 0.3 is 17.9 Å². The first-order valence-corrected chi connectivity index (χ1v) is 11.8. The molecule has 1 aromatic rings. The molecule has 0 fully saturated rings. The van der Waals surface area contributed by atoms with Crippen LogP contribution < -0.4 is 0 Å². The largest absolute Gasteiger partial charge is 0.502 e. The second-order valence-electron chi connectivity index (χ2n) is 7.21. The Hall–Kier alpha value is -3.61. The minimum Gasteiger partial charge on any atom is -0.502 e. The number of methoxy groups -OCH3 is 1. The monoisotopic (exact) mass is 504 g/mol. The number of esters is 3. The number of hydrogen-bond acceptors (Lipinski definition) is 7. The summed E-state index contributed by atoms with van der Waals surface area (Å²) in [6.07, 6.45) is 7.04. The number of aliphatic hydroxyl groups excluding tert-OH is 1. The summed E-state index contributed by atoms with van der Waals surface area (Å²) >= 11 is 0. The van der Waals surface area contributed by atoms with E-state index in [2.05, 4.69) is 42.7 Å². The summed E-state index contributed by atoms with van der Waals surface area (Å²) in [5.41, 5.74) is 2.17. The van der Waals surface area contributed by atoms with Crippen LogP contribution in [0.25, 0.3) is 6.08 Å². The van der Waals surface area contributed by atoms with Crippen LogP contribution in [0.4, 0.5) is 0 Å². The molecule has 0 radical (unpaired) electrons. The molecule has 7 nitrogen and oxygen atoms in total. The number of rotatable bonds is 11. The molecule has 0 aliphatic heterocycles. The van der Waals surface area contributed by atoms with Gasteiger partial charge in [0.15, 0.2) is 5.76 Å². The van der Waals surface area contributed by atoms with Crippen molar-refractivity contribution in [1.29, 1.82) is 0 Å². The molecule has 0 saturated heterocycles. The van der Waals surface area contributed by atoms with Gasteiger partial charge in [-0.3, -0.25) is 0 Å². The van der Waals surface area contributed by atoms with Gasteiger partial charge in [-0.15, -0.1) is 0 Å². The van der Waals surface area contributed by atoms with Gasteiger partial charge in [0.25, 0.3) is 0 Å². The second-order valence-corrected chi connectivity index (χ2v) is 7.21. The van der Waals surface area contributed by atoms with Gasteiger partial charge < -0.3 is 19.3 Å². The van der Waals surface area contributed by atoms with Gasteiger partial charge in [-0.25, -0.2) is 14.4 Å². The number of carbonyl (C=O) groups is 3. The summed E-state index contributed by atoms with van der Waals surface area (Å²) in [4.78, 5) is 31.4. The van der Waals surface area contributed by atoms with Crippen molar-refractivity contribution in [3.8, 4) is 0 Å². The summed E-state index contributed by atoms with van der Waals surface area (Å²) in [7, 11) is 1.33. The highest BCUT2D eigenvalue weighted by atomic mass is 16.5. The normalized spacial score (nSPS) is 8.69. The lowest BCUT2D eigenvalue weighted by Gasteiger charge is -2.04. The average molecular weight is 505 g/mol. The van der Waals surface area contributed by atoms with E-state index < -0.39 is 11.7 Å². The lowest BCUT2D eigenvalue weighted by Crippen LogP contribution is -2.07. The molecule has 0 unspecified atom stereocenters. The highest BCUT2D eigenvalue weighted by Gasteiger charge is 2.04. The quantitative estimate of drug-likeness (QED) is 0.117. The minimum atomic E-state index is -0.757. The predicted molar refractivity (Wildman–Crippen MR) is 146 cm³/mol. The third kappa shape index (κ3) is 25.0. The Bertz CT molecular complexity index is 795. The molecule has 0 spiro atoms. The van der Waals surface area contributed by atoms with Crippen LogP contribution in [0, 0.1) is 0 Å². The molecule has 0 heterocycles. The first kappa shape index (κ1) is 36.9. The second kappa shape index (κ2) is 26.0. The highest BCUT2D eigenvalue weighted by molar-refractivity contribution is 5.87. The van der Waals surface area contributed by atoms with Crippen molar-refractivity contribution in [2.24, 2.45) is 0 Å². The maximum atomic E-state index is 11.1. The van der Waals surface area contributed by atoms with Gasteiger partial charge in [-0.05, 0) is 38.8 Å². The Kier molecular flexibility index (Phi) is 26.7. The Morgan fingerprint density at radius 3 is 1.78 bits per heavy atom. The fraction of sp³-hybridized carbons (Fsp3) is 0.414. The van der Waals surface area contributed by atoms with Crippen molar-refractivity contribution in [3.05, 3.63) is 79.1 Å². The van der Waals surface area contributed by atoms with Crippen molar-refractivity contribution in [3.63, 3.8) is 0 Å². The van der Waals surface area contributed by atoms with Crippen LogP contribution >= 0.6 is 0 Å². The molecule has 0 aromatic heterocycles. The van der Waals surface area contributed by atoms with Crippen LogP contribution in [0.15, 0.2) is 73.6 Å². The smallest absolute Gasteiger partial charge is 0.372 e. The molecule has 0 aliphatic carbocycles. The van der Waals surface area contributed by atoms with Crippen LogP contribution in [0.5, 0.6) is 0 Å². The Labute approximate surface area is 217 Å². The molecule has 7 heteroatoms. The topological polar surface area (TPSA) is 99.1 Å². The van der Waals surface area contributed by atoms with E-state index in [-0.39, 0.29) is 18.5 Å². The summed E-state index contributed by atoms with van der Waals surface area (Å²) in [6.45, 7) is 21.7. The Morgan fingerprint density at radius 1 is 0.889 bits per heavy atom. The van der Waals surface area contributed by atoms with E-state index in [1.807, 2.05) is 43.3 Å². The van der Waals surface area contributed by atoms with Gasteiger partial charge in [0.05, 0.1) is 20.3 Å². The maximum Gasteiger partial charge on any atom is 0.372 e. The van der Waals surface area contributed by atoms with Crippen LogP contribution in [-0.4, -0.2) is 43.3 Å². The van der Waals surface area contributed by atoms with Crippen molar-refractivity contribution >= 4 is 24.0 Å². The number of unbranched alkanes of at least 4 members (excludes halogenated alkanes) is 3. The molecule has 0 atom stereocenters. The molecular weight excluding hydrogens is 460 g/mol. The number of hydrogen-bond donors (Lipinski definition) is 1. The number of aliphatic hydroxyl groups is 1. The summed E-state index contributed by atoms with van der Waals surface area (Å²) < 4.78 is 13.6. The van der Waals surface area contributed by atoms with E-state index >= 15 is 0 Å². The molecule has 1 aromatic carbocycles. The number of ether oxygens (including phenoxy) is 3. The van der Waals surface area contributed by atoms with Crippen molar-refractivity contribution in [2.45, 2.75) is 59.8 Å². The van der Waals surface area contributed by atoms with E-state index in [0.717, 1.165) is 12.8 Å².